The van der Waals surface area contributed by atoms with Gasteiger partial charge in [-0.15, -0.1) is 0 Å². The highest BCUT2D eigenvalue weighted by Gasteiger charge is 2.21. The molecule has 0 bridgehead atoms. The number of pyridine rings is 1. The molecule has 0 fully saturated rings. The number of nitrogens with zero attached hydrogens (tertiary/aromatic N) is 3. The van der Waals surface area contributed by atoms with Gasteiger partial charge in [-0.25, -0.2) is 18.4 Å². The van der Waals surface area contributed by atoms with Crippen molar-refractivity contribution in [3.63, 3.8) is 0 Å². The third-order valence-electron chi connectivity index (χ3n) is 3.98. The van der Waals surface area contributed by atoms with E-state index in [0.29, 0.717) is 28.2 Å². The molecule has 0 spiro atoms. The van der Waals surface area contributed by atoms with Gasteiger partial charge in [-0.2, -0.15) is 5.10 Å². The van der Waals surface area contributed by atoms with E-state index in [0.717, 1.165) is 5.56 Å². The number of aromatic nitrogens is 3. The van der Waals surface area contributed by atoms with Crippen LogP contribution in [0.5, 0.6) is 5.75 Å². The number of benzene rings is 1. The van der Waals surface area contributed by atoms with E-state index in [2.05, 4.69) is 10.1 Å². The van der Waals surface area contributed by atoms with Crippen LogP contribution < -0.4 is 4.74 Å². The molecule has 0 aliphatic rings. The van der Waals surface area contributed by atoms with E-state index in [9.17, 15) is 8.78 Å². The third-order valence-corrected chi connectivity index (χ3v) is 3.98. The first-order chi connectivity index (χ1) is 11.4. The molecule has 0 aliphatic carbocycles. The molecule has 0 radical (unpaired) electrons. The Hall–Kier alpha value is -2.50. The van der Waals surface area contributed by atoms with Crippen LogP contribution in [0.15, 0.2) is 30.3 Å². The van der Waals surface area contributed by atoms with Crippen LogP contribution in [-0.4, -0.2) is 21.9 Å². The maximum atomic E-state index is 13.6. The highest BCUT2D eigenvalue weighted by molar-refractivity contribution is 5.85. The van der Waals surface area contributed by atoms with Crippen LogP contribution >= 0.6 is 0 Å². The smallest absolute Gasteiger partial charge is 0.264 e. The lowest BCUT2D eigenvalue weighted by Crippen LogP contribution is -2.04. The predicted molar refractivity (Wildman–Crippen MR) is 89.6 cm³/mol. The Labute approximate surface area is 139 Å². The van der Waals surface area contributed by atoms with Crippen molar-refractivity contribution < 1.29 is 13.5 Å². The maximum absolute atomic E-state index is 13.6. The van der Waals surface area contributed by atoms with Crippen molar-refractivity contribution in [1.29, 1.82) is 0 Å². The summed E-state index contributed by atoms with van der Waals surface area (Å²) in [6.07, 6.45) is -2.59. The van der Waals surface area contributed by atoms with E-state index in [1.165, 1.54) is 6.07 Å². The van der Waals surface area contributed by atoms with Crippen molar-refractivity contribution >= 4 is 11.0 Å². The second-order valence-electron chi connectivity index (χ2n) is 5.95. The Morgan fingerprint density at radius 1 is 1.12 bits per heavy atom. The first kappa shape index (κ1) is 16.4. The minimum absolute atomic E-state index is 0.0322. The number of hydrogen-bond acceptors (Lipinski definition) is 3. The summed E-state index contributed by atoms with van der Waals surface area (Å²) < 4.78 is 34.1. The monoisotopic (exact) mass is 331 g/mol. The van der Waals surface area contributed by atoms with Gasteiger partial charge in [0.2, 0.25) is 0 Å². The summed E-state index contributed by atoms with van der Waals surface area (Å²) in [7, 11) is 1.58. The average Bonchev–Trinajstić information content (AvgIpc) is 2.91. The first-order valence-electron chi connectivity index (χ1n) is 7.74. The second kappa shape index (κ2) is 6.19. The number of fused-ring (bicyclic) bond motifs is 1. The fourth-order valence-electron chi connectivity index (χ4n) is 2.79. The predicted octanol–water partition coefficient (Wildman–Crippen LogP) is 4.93. The van der Waals surface area contributed by atoms with Gasteiger partial charge in [0.25, 0.3) is 6.43 Å². The summed E-state index contributed by atoms with van der Waals surface area (Å²) in [5, 5.41) is 4.84. The van der Waals surface area contributed by atoms with Crippen molar-refractivity contribution in [3.8, 4) is 17.0 Å². The average molecular weight is 331 g/mol. The Balaban J connectivity index is 2.27. The van der Waals surface area contributed by atoms with Crippen LogP contribution in [0.2, 0.25) is 0 Å². The molecule has 6 heteroatoms. The Morgan fingerprint density at radius 2 is 1.79 bits per heavy atom. The van der Waals surface area contributed by atoms with Gasteiger partial charge in [0, 0.05) is 17.2 Å². The Bertz CT molecular complexity index is 870. The van der Waals surface area contributed by atoms with Crippen molar-refractivity contribution in [3.05, 3.63) is 41.6 Å². The fraction of sp³-hybridized carbons (Fsp3) is 0.333. The summed E-state index contributed by atoms with van der Waals surface area (Å²) in [6.45, 7) is 5.65. The Kier molecular flexibility index (Phi) is 4.22. The lowest BCUT2D eigenvalue weighted by atomic mass is 10.1. The largest absolute Gasteiger partial charge is 0.497 e. The van der Waals surface area contributed by atoms with Crippen LogP contribution in [0.3, 0.4) is 0 Å². The molecule has 0 unspecified atom stereocenters. The maximum Gasteiger partial charge on any atom is 0.264 e. The van der Waals surface area contributed by atoms with Gasteiger partial charge in [0.1, 0.15) is 5.75 Å². The highest BCUT2D eigenvalue weighted by Crippen LogP contribution is 2.34. The molecule has 0 saturated heterocycles. The fourth-order valence-corrected chi connectivity index (χ4v) is 2.79. The minimum atomic E-state index is -2.59. The van der Waals surface area contributed by atoms with Gasteiger partial charge in [0.05, 0.1) is 23.9 Å². The van der Waals surface area contributed by atoms with E-state index in [-0.39, 0.29) is 11.6 Å². The molecule has 0 amide bonds. The molecule has 2 heterocycles. The third kappa shape index (κ3) is 2.72. The standard InChI is InChI=1S/C18H19F2N3O/c1-10(2)23-18-16(11(3)22-23)14(17(19)20)9-15(21-18)12-5-7-13(24-4)8-6-12/h5-10,17H,1-4H3. The summed E-state index contributed by atoms with van der Waals surface area (Å²) in [6, 6.07) is 8.68. The molecular formula is C18H19F2N3O. The number of halogens is 2. The second-order valence-corrected chi connectivity index (χ2v) is 5.95. The quantitative estimate of drug-likeness (QED) is 0.680. The number of aryl methyl sites for hydroxylation is 1. The molecule has 0 atom stereocenters. The number of rotatable bonds is 4. The van der Waals surface area contributed by atoms with Crippen molar-refractivity contribution in [2.45, 2.75) is 33.2 Å². The topological polar surface area (TPSA) is 39.9 Å². The molecule has 1 aromatic carbocycles. The Morgan fingerprint density at radius 3 is 2.33 bits per heavy atom. The van der Waals surface area contributed by atoms with E-state index in [1.54, 1.807) is 30.8 Å². The molecule has 126 valence electrons. The van der Waals surface area contributed by atoms with Crippen LogP contribution in [0.1, 0.15) is 37.6 Å². The highest BCUT2D eigenvalue weighted by atomic mass is 19.3. The molecule has 0 N–H and O–H groups in total. The van der Waals surface area contributed by atoms with Gasteiger partial charge in [0.15, 0.2) is 5.65 Å². The normalized spacial score (nSPS) is 11.7. The summed E-state index contributed by atoms with van der Waals surface area (Å²) in [5.74, 6) is 0.706. The number of methoxy groups -OCH3 is 1. The van der Waals surface area contributed by atoms with Gasteiger partial charge in [-0.3, -0.25) is 0 Å². The van der Waals surface area contributed by atoms with Crippen LogP contribution in [0.4, 0.5) is 8.78 Å². The lowest BCUT2D eigenvalue weighted by Gasteiger charge is -2.10. The zero-order chi connectivity index (χ0) is 17.4. The lowest BCUT2D eigenvalue weighted by molar-refractivity contribution is 0.153. The summed E-state index contributed by atoms with van der Waals surface area (Å²) in [5.41, 5.74) is 2.29. The zero-order valence-electron chi connectivity index (χ0n) is 14.0. The van der Waals surface area contributed by atoms with Gasteiger partial charge >= 0.3 is 0 Å². The van der Waals surface area contributed by atoms with E-state index in [1.807, 2.05) is 26.0 Å². The molecule has 2 aromatic heterocycles. The van der Waals surface area contributed by atoms with E-state index in [4.69, 9.17) is 4.74 Å². The van der Waals surface area contributed by atoms with Crippen molar-refractivity contribution in [2.75, 3.05) is 7.11 Å². The summed E-state index contributed by atoms with van der Waals surface area (Å²) >= 11 is 0. The number of alkyl halides is 2. The molecule has 0 aliphatic heterocycles. The molecule has 4 nitrogen and oxygen atoms in total. The van der Waals surface area contributed by atoms with Crippen molar-refractivity contribution in [1.82, 2.24) is 14.8 Å². The minimum Gasteiger partial charge on any atom is -0.497 e. The molecular weight excluding hydrogens is 312 g/mol. The molecule has 3 rings (SSSR count). The van der Waals surface area contributed by atoms with Crippen LogP contribution in [-0.2, 0) is 0 Å². The van der Waals surface area contributed by atoms with Crippen molar-refractivity contribution in [2.24, 2.45) is 0 Å². The molecule has 24 heavy (non-hydrogen) atoms. The van der Waals surface area contributed by atoms with Crippen LogP contribution in [0, 0.1) is 6.92 Å². The summed E-state index contributed by atoms with van der Waals surface area (Å²) in [4.78, 5) is 4.61. The van der Waals surface area contributed by atoms with Gasteiger partial charge in [-0.05, 0) is 51.1 Å². The first-order valence-corrected chi connectivity index (χ1v) is 7.74. The van der Waals surface area contributed by atoms with E-state index >= 15 is 0 Å². The van der Waals surface area contributed by atoms with Crippen LogP contribution in [0.25, 0.3) is 22.3 Å². The van der Waals surface area contributed by atoms with Gasteiger partial charge < -0.3 is 4.74 Å². The van der Waals surface area contributed by atoms with Gasteiger partial charge in [-0.1, -0.05) is 0 Å². The molecule has 3 aromatic rings. The zero-order valence-corrected chi connectivity index (χ0v) is 14.0. The number of hydrogen-bond donors (Lipinski definition) is 0. The van der Waals surface area contributed by atoms with E-state index < -0.39 is 6.43 Å². The molecule has 0 saturated carbocycles. The SMILES string of the molecule is COc1ccc(-c2cc(C(F)F)c3c(C)nn(C(C)C)c3n2)cc1. The number of ether oxygens (including phenoxy) is 1.